The van der Waals surface area contributed by atoms with Gasteiger partial charge < -0.3 is 9.15 Å². The summed E-state index contributed by atoms with van der Waals surface area (Å²) in [6.45, 7) is 5.64. The summed E-state index contributed by atoms with van der Waals surface area (Å²) in [7, 11) is -3.64. The summed E-state index contributed by atoms with van der Waals surface area (Å²) in [5, 5.41) is 0. The molecule has 0 spiro atoms. The van der Waals surface area contributed by atoms with Crippen molar-refractivity contribution in [2.24, 2.45) is 0 Å². The summed E-state index contributed by atoms with van der Waals surface area (Å²) >= 11 is 0. The summed E-state index contributed by atoms with van der Waals surface area (Å²) < 4.78 is 36.9. The van der Waals surface area contributed by atoms with E-state index in [0.29, 0.717) is 11.3 Å². The molecule has 1 aromatic carbocycles. The van der Waals surface area contributed by atoms with Crippen molar-refractivity contribution < 1.29 is 22.4 Å². The fourth-order valence-electron chi connectivity index (χ4n) is 1.83. The van der Waals surface area contributed by atoms with E-state index in [-0.39, 0.29) is 18.0 Å². The van der Waals surface area contributed by atoms with Gasteiger partial charge in [0.2, 0.25) is 10.0 Å². The van der Waals surface area contributed by atoms with Crippen LogP contribution in [-0.4, -0.2) is 21.0 Å². The zero-order valence-electron chi connectivity index (χ0n) is 13.8. The van der Waals surface area contributed by atoms with E-state index in [1.807, 2.05) is 0 Å². The Bertz CT molecular complexity index is 849. The number of benzene rings is 1. The Labute approximate surface area is 146 Å². The normalized spacial score (nSPS) is 11.6. The molecule has 25 heavy (non-hydrogen) atoms. The molecule has 0 aliphatic rings. The lowest BCUT2D eigenvalue weighted by molar-refractivity contribution is -0.136. The maximum absolute atomic E-state index is 12.2. The van der Waals surface area contributed by atoms with E-state index < -0.39 is 16.0 Å². The average Bonchev–Trinajstić information content (AvgIpc) is 3.10. The van der Waals surface area contributed by atoms with E-state index in [9.17, 15) is 13.2 Å². The number of carbonyl (C=O) groups is 1. The Morgan fingerprint density at radius 3 is 2.60 bits per heavy atom. The number of esters is 1. The molecule has 1 aromatic heterocycles. The third kappa shape index (κ3) is 6.06. The highest BCUT2D eigenvalue weighted by molar-refractivity contribution is 7.89. The Morgan fingerprint density at radius 2 is 2.00 bits per heavy atom. The quantitative estimate of drug-likeness (QED) is 0.444. The minimum atomic E-state index is -3.64. The first-order chi connectivity index (χ1) is 11.9. The van der Waals surface area contributed by atoms with E-state index in [4.69, 9.17) is 9.15 Å². The van der Waals surface area contributed by atoms with Gasteiger partial charge in [0.25, 0.3) is 0 Å². The summed E-state index contributed by atoms with van der Waals surface area (Å²) in [6.07, 6.45) is 4.31. The molecular weight excluding hydrogens is 342 g/mol. The van der Waals surface area contributed by atoms with Crippen LogP contribution in [0, 0.1) is 0 Å². The molecule has 2 aromatic rings. The number of nitrogens with one attached hydrogen (secondary N) is 1. The van der Waals surface area contributed by atoms with Gasteiger partial charge in [0.1, 0.15) is 12.4 Å². The van der Waals surface area contributed by atoms with Crippen molar-refractivity contribution in [1.82, 2.24) is 4.72 Å². The molecule has 0 aliphatic heterocycles. The van der Waals surface area contributed by atoms with Crippen molar-refractivity contribution in [3.05, 3.63) is 72.2 Å². The molecule has 2 rings (SSSR count). The number of hydrogen-bond donors (Lipinski definition) is 1. The molecule has 7 heteroatoms. The first-order valence-electron chi connectivity index (χ1n) is 7.48. The van der Waals surface area contributed by atoms with Gasteiger partial charge in [0.05, 0.1) is 17.7 Å². The van der Waals surface area contributed by atoms with Crippen LogP contribution in [0.2, 0.25) is 0 Å². The summed E-state index contributed by atoms with van der Waals surface area (Å²) in [4.78, 5) is 11.6. The molecule has 132 valence electrons. The van der Waals surface area contributed by atoms with Crippen LogP contribution < -0.4 is 4.72 Å². The molecule has 6 nitrogen and oxygen atoms in total. The third-order valence-electron chi connectivity index (χ3n) is 3.08. The fourth-order valence-corrected chi connectivity index (χ4v) is 2.82. The average molecular weight is 361 g/mol. The molecular formula is C18H19NO5S. The Hall–Kier alpha value is -2.64. The monoisotopic (exact) mass is 361 g/mol. The third-order valence-corrected chi connectivity index (χ3v) is 4.50. The number of hydrogen-bond acceptors (Lipinski definition) is 5. The van der Waals surface area contributed by atoms with Crippen LogP contribution >= 0.6 is 0 Å². The van der Waals surface area contributed by atoms with Crippen molar-refractivity contribution >= 4 is 22.1 Å². The van der Waals surface area contributed by atoms with Crippen molar-refractivity contribution in [2.45, 2.75) is 18.4 Å². The van der Waals surface area contributed by atoms with E-state index in [1.54, 1.807) is 37.3 Å². The Kier molecular flexibility index (Phi) is 6.32. The van der Waals surface area contributed by atoms with Gasteiger partial charge in [-0.2, -0.15) is 0 Å². The second kappa shape index (κ2) is 8.46. The number of furan rings is 1. The maximum atomic E-state index is 12.2. The van der Waals surface area contributed by atoms with E-state index in [0.717, 1.165) is 5.57 Å². The van der Waals surface area contributed by atoms with Gasteiger partial charge in [-0.1, -0.05) is 18.7 Å². The summed E-state index contributed by atoms with van der Waals surface area (Å²) in [5.74, 6) is 0.0382. The molecule has 0 radical (unpaired) electrons. The second-order valence-electron chi connectivity index (χ2n) is 5.37. The molecule has 1 heterocycles. The fraction of sp³-hybridized carbons (Fsp3) is 0.167. The van der Waals surface area contributed by atoms with Crippen LogP contribution in [-0.2, 0) is 26.1 Å². The van der Waals surface area contributed by atoms with Gasteiger partial charge >= 0.3 is 5.97 Å². The first-order valence-corrected chi connectivity index (χ1v) is 8.96. The Morgan fingerprint density at radius 1 is 1.28 bits per heavy atom. The molecule has 0 fully saturated rings. The van der Waals surface area contributed by atoms with Gasteiger partial charge in [-0.15, -0.1) is 0 Å². The first kappa shape index (κ1) is 18.7. The van der Waals surface area contributed by atoms with Gasteiger partial charge in [-0.3, -0.25) is 0 Å². The molecule has 0 amide bonds. The molecule has 0 bridgehead atoms. The van der Waals surface area contributed by atoms with Crippen LogP contribution in [0.1, 0.15) is 18.2 Å². The minimum absolute atomic E-state index is 0.0749. The highest BCUT2D eigenvalue weighted by atomic mass is 32.2. The molecule has 0 unspecified atom stereocenters. The van der Waals surface area contributed by atoms with Crippen molar-refractivity contribution in [3.8, 4) is 0 Å². The summed E-state index contributed by atoms with van der Waals surface area (Å²) in [6, 6.07) is 9.50. The smallest absolute Gasteiger partial charge is 0.331 e. The minimum Gasteiger partial charge on any atom is -0.468 e. The number of ether oxygens (including phenoxy) is 1. The number of sulfonamides is 1. The van der Waals surface area contributed by atoms with Gasteiger partial charge in [-0.25, -0.2) is 17.9 Å². The Balaban J connectivity index is 1.96. The molecule has 0 aliphatic carbocycles. The standard InChI is InChI=1S/C18H19NO5S/c1-14(2)13-24-18(20)10-7-15-5-8-17(9-6-15)25(21,22)19-12-16-4-3-11-23-16/h3-11,19H,1,12-13H2,2H3/b10-7+. The zero-order chi connectivity index (χ0) is 18.3. The lowest BCUT2D eigenvalue weighted by Gasteiger charge is -2.05. The number of carbonyl (C=O) groups excluding carboxylic acids is 1. The van der Waals surface area contributed by atoms with Crippen LogP contribution in [0.25, 0.3) is 6.08 Å². The van der Waals surface area contributed by atoms with Crippen LogP contribution in [0.5, 0.6) is 0 Å². The highest BCUT2D eigenvalue weighted by Gasteiger charge is 2.13. The second-order valence-corrected chi connectivity index (χ2v) is 7.14. The molecule has 0 saturated carbocycles. The van der Waals surface area contributed by atoms with E-state index in [2.05, 4.69) is 11.3 Å². The molecule has 0 saturated heterocycles. The molecule has 0 atom stereocenters. The van der Waals surface area contributed by atoms with Gasteiger partial charge in [0, 0.05) is 6.08 Å². The lowest BCUT2D eigenvalue weighted by atomic mass is 10.2. The van der Waals surface area contributed by atoms with Gasteiger partial charge in [0.15, 0.2) is 0 Å². The van der Waals surface area contributed by atoms with Crippen LogP contribution in [0.4, 0.5) is 0 Å². The van der Waals surface area contributed by atoms with Crippen LogP contribution in [0.3, 0.4) is 0 Å². The SMILES string of the molecule is C=C(C)COC(=O)/C=C/c1ccc(S(=O)(=O)NCc2ccco2)cc1. The number of rotatable bonds is 8. The van der Waals surface area contributed by atoms with E-state index >= 15 is 0 Å². The van der Waals surface area contributed by atoms with Crippen molar-refractivity contribution in [2.75, 3.05) is 6.61 Å². The van der Waals surface area contributed by atoms with E-state index in [1.165, 1.54) is 24.5 Å². The maximum Gasteiger partial charge on any atom is 0.331 e. The lowest BCUT2D eigenvalue weighted by Crippen LogP contribution is -2.22. The predicted octanol–water partition coefficient (Wildman–Crippen LogP) is 2.89. The van der Waals surface area contributed by atoms with Gasteiger partial charge in [-0.05, 0) is 48.4 Å². The van der Waals surface area contributed by atoms with Crippen molar-refractivity contribution in [1.29, 1.82) is 0 Å². The predicted molar refractivity (Wildman–Crippen MR) is 94.0 cm³/mol. The zero-order valence-corrected chi connectivity index (χ0v) is 14.6. The van der Waals surface area contributed by atoms with Crippen molar-refractivity contribution in [3.63, 3.8) is 0 Å². The van der Waals surface area contributed by atoms with Crippen LogP contribution in [0.15, 0.2) is 70.2 Å². The largest absolute Gasteiger partial charge is 0.468 e. The topological polar surface area (TPSA) is 85.6 Å². The highest BCUT2D eigenvalue weighted by Crippen LogP contribution is 2.12. The summed E-state index contributed by atoms with van der Waals surface area (Å²) in [5.41, 5.74) is 1.43. The molecule has 1 N–H and O–H groups in total.